The maximum absolute atomic E-state index is 12.7. The monoisotopic (exact) mass is 356 g/mol. The fourth-order valence-electron chi connectivity index (χ4n) is 2.67. The second-order valence-electron chi connectivity index (χ2n) is 5.99. The molecule has 0 aliphatic rings. The first-order valence-corrected chi connectivity index (χ1v) is 8.21. The Balaban J connectivity index is 2.24. The van der Waals surface area contributed by atoms with Crippen LogP contribution >= 0.6 is 0 Å². The Labute approximate surface area is 152 Å². The quantitative estimate of drug-likeness (QED) is 0.781. The first-order chi connectivity index (χ1) is 12.4. The molecule has 138 valence electrons. The van der Waals surface area contributed by atoms with Crippen molar-refractivity contribution in [2.75, 3.05) is 19.5 Å². The second-order valence-corrected chi connectivity index (χ2v) is 5.99. The smallest absolute Gasteiger partial charge is 0.228 e. The summed E-state index contributed by atoms with van der Waals surface area (Å²) in [7, 11) is 2.96. The number of benzene rings is 2. The summed E-state index contributed by atoms with van der Waals surface area (Å²) in [6, 6.07) is 12.7. The third-order valence-electron chi connectivity index (χ3n) is 4.06. The van der Waals surface area contributed by atoms with E-state index in [1.807, 2.05) is 31.2 Å². The number of carboxylic acid groups (broad SMARTS) is 1. The summed E-state index contributed by atoms with van der Waals surface area (Å²) in [5.41, 5.74) is 2.34. The summed E-state index contributed by atoms with van der Waals surface area (Å²) in [6.07, 6.45) is -0.0886. The Hall–Kier alpha value is -3.02. The van der Waals surface area contributed by atoms with Crippen molar-refractivity contribution in [2.45, 2.75) is 19.8 Å². The minimum absolute atomic E-state index is 0.289. The van der Waals surface area contributed by atoms with Gasteiger partial charge in [0.2, 0.25) is 5.91 Å². The fraction of sp³-hybridized carbons (Fsp3) is 0.300. The van der Waals surface area contributed by atoms with Crippen LogP contribution < -0.4 is 19.9 Å². The molecule has 0 saturated heterocycles. The van der Waals surface area contributed by atoms with Crippen molar-refractivity contribution in [3.8, 4) is 11.5 Å². The molecule has 0 unspecified atom stereocenters. The van der Waals surface area contributed by atoms with E-state index in [9.17, 15) is 14.7 Å². The number of aryl methyl sites for hydroxylation is 1. The number of anilines is 1. The van der Waals surface area contributed by atoms with Crippen LogP contribution in [0.15, 0.2) is 42.5 Å². The van der Waals surface area contributed by atoms with Crippen LogP contribution in [0, 0.1) is 12.8 Å². The van der Waals surface area contributed by atoms with E-state index in [1.165, 1.54) is 14.2 Å². The Morgan fingerprint density at radius 2 is 1.62 bits per heavy atom. The highest BCUT2D eigenvalue weighted by Crippen LogP contribution is 2.34. The highest BCUT2D eigenvalue weighted by atomic mass is 16.5. The summed E-state index contributed by atoms with van der Waals surface area (Å²) >= 11 is 0. The van der Waals surface area contributed by atoms with Crippen LogP contribution in [0.4, 0.5) is 5.69 Å². The zero-order chi connectivity index (χ0) is 19.1. The average Bonchev–Trinajstić information content (AvgIpc) is 2.62. The minimum atomic E-state index is -1.27. The molecule has 1 amide bonds. The topological polar surface area (TPSA) is 87.7 Å². The number of amides is 1. The van der Waals surface area contributed by atoms with E-state index in [0.29, 0.717) is 17.2 Å². The Morgan fingerprint density at radius 3 is 2.12 bits per heavy atom. The van der Waals surface area contributed by atoms with E-state index in [2.05, 4.69) is 5.32 Å². The van der Waals surface area contributed by atoms with E-state index in [0.717, 1.165) is 11.1 Å². The number of carbonyl (C=O) groups is 2. The number of carboxylic acids is 1. The summed E-state index contributed by atoms with van der Waals surface area (Å²) in [6.45, 7) is 1.96. The molecule has 0 spiro atoms. The van der Waals surface area contributed by atoms with Gasteiger partial charge in [-0.1, -0.05) is 35.9 Å². The third kappa shape index (κ3) is 4.99. The number of ether oxygens (including phenoxy) is 2. The van der Waals surface area contributed by atoms with Crippen molar-refractivity contribution >= 4 is 17.6 Å². The number of hydrogen-bond acceptors (Lipinski definition) is 5. The van der Waals surface area contributed by atoms with E-state index in [4.69, 9.17) is 9.47 Å². The summed E-state index contributed by atoms with van der Waals surface area (Å²) in [4.78, 5) is 23.9. The van der Waals surface area contributed by atoms with Gasteiger partial charge in [0.25, 0.3) is 0 Å². The third-order valence-corrected chi connectivity index (χ3v) is 4.06. The van der Waals surface area contributed by atoms with E-state index in [-0.39, 0.29) is 12.8 Å². The molecular weight excluding hydrogens is 334 g/mol. The highest BCUT2D eigenvalue weighted by molar-refractivity contribution is 5.97. The van der Waals surface area contributed by atoms with E-state index in [1.54, 1.807) is 18.2 Å². The van der Waals surface area contributed by atoms with Crippen LogP contribution in [0.1, 0.15) is 17.5 Å². The Kier molecular flexibility index (Phi) is 6.60. The largest absolute Gasteiger partial charge is 0.550 e. The molecule has 0 saturated carbocycles. The van der Waals surface area contributed by atoms with Crippen molar-refractivity contribution in [2.24, 2.45) is 5.92 Å². The van der Waals surface area contributed by atoms with Gasteiger partial charge in [0.05, 0.1) is 14.2 Å². The predicted molar refractivity (Wildman–Crippen MR) is 96.2 cm³/mol. The number of nitrogens with one attached hydrogen (secondary N) is 1. The molecule has 26 heavy (non-hydrogen) atoms. The standard InChI is InChI=1S/C20H23NO5/c1-13-7-9-14(10-8-13)11-15(12-18(22)23)20(24)21-19-16(25-2)5-4-6-17(19)26-3/h4-10,15H,11-12H2,1-3H3,(H,21,24)(H,22,23)/p-1/t15-/m1/s1. The van der Waals surface area contributed by atoms with Gasteiger partial charge in [-0.15, -0.1) is 0 Å². The first-order valence-electron chi connectivity index (χ1n) is 8.21. The molecule has 1 N–H and O–H groups in total. The lowest BCUT2D eigenvalue weighted by Gasteiger charge is -2.20. The van der Waals surface area contributed by atoms with Crippen LogP contribution in [0.5, 0.6) is 11.5 Å². The highest BCUT2D eigenvalue weighted by Gasteiger charge is 2.22. The number of hydrogen-bond donors (Lipinski definition) is 1. The molecule has 0 bridgehead atoms. The normalized spacial score (nSPS) is 11.5. The van der Waals surface area contributed by atoms with Crippen LogP contribution in [0.3, 0.4) is 0 Å². The van der Waals surface area contributed by atoms with Crippen molar-refractivity contribution in [3.63, 3.8) is 0 Å². The molecular formula is C20H22NO5-. The zero-order valence-corrected chi connectivity index (χ0v) is 15.1. The zero-order valence-electron chi connectivity index (χ0n) is 15.1. The first kappa shape index (κ1) is 19.3. The van der Waals surface area contributed by atoms with Crippen LogP contribution in [-0.2, 0) is 16.0 Å². The van der Waals surface area contributed by atoms with E-state index >= 15 is 0 Å². The van der Waals surface area contributed by atoms with Gasteiger partial charge in [-0.3, -0.25) is 4.79 Å². The van der Waals surface area contributed by atoms with Crippen molar-refractivity contribution in [1.82, 2.24) is 0 Å². The van der Waals surface area contributed by atoms with Gasteiger partial charge in [0, 0.05) is 11.9 Å². The molecule has 2 aromatic carbocycles. The van der Waals surface area contributed by atoms with Crippen LogP contribution in [0.2, 0.25) is 0 Å². The lowest BCUT2D eigenvalue weighted by molar-refractivity contribution is -0.306. The molecule has 0 heterocycles. The summed E-state index contributed by atoms with van der Waals surface area (Å²) < 4.78 is 10.5. The lowest BCUT2D eigenvalue weighted by atomic mass is 9.94. The van der Waals surface area contributed by atoms with Crippen LogP contribution in [-0.4, -0.2) is 26.1 Å². The number of carbonyl (C=O) groups excluding carboxylic acids is 2. The molecule has 1 atom stereocenters. The summed E-state index contributed by atoms with van der Waals surface area (Å²) in [5, 5.41) is 13.9. The average molecular weight is 356 g/mol. The number of para-hydroxylation sites is 1. The fourth-order valence-corrected chi connectivity index (χ4v) is 2.67. The Morgan fingerprint density at radius 1 is 1.04 bits per heavy atom. The number of rotatable bonds is 8. The van der Waals surface area contributed by atoms with Crippen molar-refractivity contribution in [3.05, 3.63) is 53.6 Å². The maximum Gasteiger partial charge on any atom is 0.228 e. The van der Waals surface area contributed by atoms with Gasteiger partial charge >= 0.3 is 0 Å². The maximum atomic E-state index is 12.7. The second kappa shape index (κ2) is 8.89. The molecule has 2 rings (SSSR count). The van der Waals surface area contributed by atoms with Gasteiger partial charge in [-0.25, -0.2) is 0 Å². The van der Waals surface area contributed by atoms with Gasteiger partial charge in [-0.2, -0.15) is 0 Å². The van der Waals surface area contributed by atoms with Crippen molar-refractivity contribution < 1.29 is 24.2 Å². The molecule has 0 fully saturated rings. The van der Waals surface area contributed by atoms with Crippen LogP contribution in [0.25, 0.3) is 0 Å². The van der Waals surface area contributed by atoms with Gasteiger partial charge in [-0.05, 0) is 37.5 Å². The molecule has 6 heteroatoms. The van der Waals surface area contributed by atoms with Gasteiger partial charge in [0.1, 0.15) is 17.2 Å². The van der Waals surface area contributed by atoms with Gasteiger partial charge in [0.15, 0.2) is 0 Å². The van der Waals surface area contributed by atoms with Gasteiger partial charge < -0.3 is 24.7 Å². The van der Waals surface area contributed by atoms with E-state index < -0.39 is 17.8 Å². The molecule has 0 aromatic heterocycles. The SMILES string of the molecule is COc1cccc(OC)c1NC(=O)[C@@H](CC(=O)[O-])Cc1ccc(C)cc1. The minimum Gasteiger partial charge on any atom is -0.550 e. The predicted octanol–water partition coefficient (Wildman–Crippen LogP) is 1.95. The van der Waals surface area contributed by atoms with Crippen molar-refractivity contribution in [1.29, 1.82) is 0 Å². The molecule has 0 aliphatic carbocycles. The molecule has 6 nitrogen and oxygen atoms in total. The molecule has 0 radical (unpaired) electrons. The molecule has 0 aliphatic heterocycles. The lowest BCUT2D eigenvalue weighted by Crippen LogP contribution is -2.32. The summed E-state index contributed by atoms with van der Waals surface area (Å²) in [5.74, 6) is -1.63. The molecule has 2 aromatic rings. The number of aliphatic carboxylic acids is 1. The Bertz CT molecular complexity index is 748. The number of methoxy groups -OCH3 is 2.